The molecule has 1 atom stereocenters. The fourth-order valence-electron chi connectivity index (χ4n) is 5.04. The molecule has 1 aliphatic carbocycles. The molecule has 0 radical (unpaired) electrons. The van der Waals surface area contributed by atoms with Crippen LogP contribution >= 0.6 is 0 Å². The molecule has 0 amide bonds. The van der Waals surface area contributed by atoms with Crippen molar-refractivity contribution < 1.29 is 0 Å². The second kappa shape index (κ2) is 11.9. The van der Waals surface area contributed by atoms with Crippen molar-refractivity contribution in [3.63, 3.8) is 0 Å². The summed E-state index contributed by atoms with van der Waals surface area (Å²) in [5, 5.41) is 3.57. The molecule has 3 heterocycles. The monoisotopic (exact) mass is 480 g/mol. The molecule has 36 heavy (non-hydrogen) atoms. The number of imidazole rings is 2. The first kappa shape index (κ1) is 25.4. The molecule has 2 aromatic heterocycles. The minimum absolute atomic E-state index is 0.374. The molecule has 6 heteroatoms. The Labute approximate surface area is 214 Å². The van der Waals surface area contributed by atoms with E-state index in [9.17, 15) is 0 Å². The van der Waals surface area contributed by atoms with Crippen molar-refractivity contribution >= 4 is 0 Å². The fourth-order valence-corrected chi connectivity index (χ4v) is 5.04. The summed E-state index contributed by atoms with van der Waals surface area (Å²) in [6, 6.07) is 15.9. The van der Waals surface area contributed by atoms with Gasteiger partial charge in [0, 0.05) is 11.3 Å². The maximum absolute atomic E-state index is 5.67. The van der Waals surface area contributed by atoms with E-state index in [0.29, 0.717) is 12.6 Å². The Morgan fingerprint density at radius 3 is 2.39 bits per heavy atom. The molecule has 0 spiro atoms. The molecule has 2 aliphatic rings. The number of aromatic amines is 2. The smallest absolute Gasteiger partial charge is 0.124 e. The van der Waals surface area contributed by atoms with Gasteiger partial charge in [-0.05, 0) is 60.9 Å². The zero-order chi connectivity index (χ0) is 25.5. The van der Waals surface area contributed by atoms with Gasteiger partial charge in [0.25, 0.3) is 0 Å². The SMILES string of the molecule is C#C.CC.NCc1ncc(-c2ccc(-c3ccc4c(c3)CCCc3[nH]c([C@@H]5CCCN5)nc3-4)cc2)[nH]1. The maximum Gasteiger partial charge on any atom is 0.124 e. The van der Waals surface area contributed by atoms with Crippen LogP contribution in [-0.4, -0.2) is 26.5 Å². The number of nitrogens with two attached hydrogens (primary N) is 1. The highest BCUT2D eigenvalue weighted by molar-refractivity contribution is 5.75. The van der Waals surface area contributed by atoms with E-state index >= 15 is 0 Å². The summed E-state index contributed by atoms with van der Waals surface area (Å²) >= 11 is 0. The number of nitrogens with one attached hydrogen (secondary N) is 3. The number of aromatic nitrogens is 4. The van der Waals surface area contributed by atoms with Gasteiger partial charge in [0.2, 0.25) is 0 Å². The topological polar surface area (TPSA) is 95.4 Å². The second-order valence-corrected chi connectivity index (χ2v) is 8.85. The Morgan fingerprint density at radius 1 is 0.944 bits per heavy atom. The Kier molecular flexibility index (Phi) is 8.37. The fraction of sp³-hybridized carbons (Fsp3) is 0.333. The van der Waals surface area contributed by atoms with Crippen molar-refractivity contribution in [1.82, 2.24) is 25.3 Å². The molecule has 1 fully saturated rings. The number of terminal acetylenes is 1. The van der Waals surface area contributed by atoms with Crippen molar-refractivity contribution in [3.05, 3.63) is 71.6 Å². The standard InChI is InChI=1S/C26H28N6.C2H6.C2H2/c27-14-24-29-15-23(30-24)17-8-6-16(7-9-17)18-10-11-20-19(13-18)3-1-4-21-25(20)32-26(31-21)22-5-2-12-28-22;2*1-2/h6-11,13,15,22,28H,1-5,12,14,27H2,(H,29,30)(H,31,32);1-2H3;1-2H/t22-;;/m0../s1. The molecular formula is C30H36N6. The van der Waals surface area contributed by atoms with Crippen LogP contribution in [0.25, 0.3) is 33.6 Å². The Balaban J connectivity index is 0.000000726. The molecule has 186 valence electrons. The van der Waals surface area contributed by atoms with Crippen molar-refractivity contribution in [2.75, 3.05) is 6.54 Å². The molecule has 2 aromatic carbocycles. The molecule has 1 aliphatic heterocycles. The quantitative estimate of drug-likeness (QED) is 0.278. The van der Waals surface area contributed by atoms with Crippen molar-refractivity contribution in [2.45, 2.75) is 58.5 Å². The van der Waals surface area contributed by atoms with Gasteiger partial charge in [0.15, 0.2) is 0 Å². The van der Waals surface area contributed by atoms with Crippen LogP contribution in [0.15, 0.2) is 48.7 Å². The van der Waals surface area contributed by atoms with Crippen LogP contribution in [0.5, 0.6) is 0 Å². The summed E-state index contributed by atoms with van der Waals surface area (Å²) in [5.74, 6) is 1.91. The number of hydrogen-bond acceptors (Lipinski definition) is 4. The summed E-state index contributed by atoms with van der Waals surface area (Å²) < 4.78 is 0. The first-order valence-corrected chi connectivity index (χ1v) is 12.9. The number of hydrogen-bond donors (Lipinski definition) is 4. The highest BCUT2D eigenvalue weighted by Crippen LogP contribution is 2.36. The van der Waals surface area contributed by atoms with Crippen LogP contribution < -0.4 is 11.1 Å². The summed E-state index contributed by atoms with van der Waals surface area (Å²) in [6.45, 7) is 5.51. The maximum atomic E-state index is 5.67. The van der Waals surface area contributed by atoms with Crippen LogP contribution in [0.2, 0.25) is 0 Å². The van der Waals surface area contributed by atoms with E-state index in [1.807, 2.05) is 20.0 Å². The van der Waals surface area contributed by atoms with E-state index in [0.717, 1.165) is 54.4 Å². The van der Waals surface area contributed by atoms with Gasteiger partial charge in [-0.25, -0.2) is 9.97 Å². The third kappa shape index (κ3) is 5.13. The molecule has 4 aromatic rings. The van der Waals surface area contributed by atoms with E-state index in [1.54, 1.807) is 0 Å². The molecule has 6 rings (SSSR count). The van der Waals surface area contributed by atoms with E-state index < -0.39 is 0 Å². The Bertz CT molecular complexity index is 1290. The first-order valence-electron chi connectivity index (χ1n) is 12.9. The van der Waals surface area contributed by atoms with Gasteiger partial charge in [0.05, 0.1) is 30.2 Å². The molecular weight excluding hydrogens is 444 g/mol. The van der Waals surface area contributed by atoms with Gasteiger partial charge >= 0.3 is 0 Å². The van der Waals surface area contributed by atoms with E-state index in [1.165, 1.54) is 40.8 Å². The molecule has 6 nitrogen and oxygen atoms in total. The Hall–Kier alpha value is -3.66. The van der Waals surface area contributed by atoms with Gasteiger partial charge in [-0.1, -0.05) is 56.3 Å². The van der Waals surface area contributed by atoms with Crippen molar-refractivity contribution in [3.8, 4) is 46.5 Å². The van der Waals surface area contributed by atoms with Crippen LogP contribution in [0.1, 0.15) is 62.1 Å². The van der Waals surface area contributed by atoms with E-state index in [2.05, 4.69) is 75.6 Å². The van der Waals surface area contributed by atoms with Crippen LogP contribution in [0.3, 0.4) is 0 Å². The Morgan fingerprint density at radius 2 is 1.69 bits per heavy atom. The summed E-state index contributed by atoms with van der Waals surface area (Å²) in [7, 11) is 0. The summed E-state index contributed by atoms with van der Waals surface area (Å²) in [4.78, 5) is 16.3. The van der Waals surface area contributed by atoms with E-state index in [4.69, 9.17) is 10.7 Å². The molecule has 5 N–H and O–H groups in total. The number of aryl methyl sites for hydroxylation is 2. The van der Waals surface area contributed by atoms with Gasteiger partial charge in [0.1, 0.15) is 11.6 Å². The minimum atomic E-state index is 0.374. The lowest BCUT2D eigenvalue weighted by Crippen LogP contribution is -2.14. The normalized spacial score (nSPS) is 16.0. The number of benzene rings is 2. The average molecular weight is 481 g/mol. The number of rotatable bonds is 4. The average Bonchev–Trinajstić information content (AvgIpc) is 3.71. The number of nitrogens with zero attached hydrogens (tertiary/aromatic N) is 2. The number of fused-ring (bicyclic) bond motifs is 3. The third-order valence-electron chi connectivity index (χ3n) is 6.77. The molecule has 0 saturated carbocycles. The molecule has 0 bridgehead atoms. The summed E-state index contributed by atoms with van der Waals surface area (Å²) in [5.41, 5.74) is 15.4. The van der Waals surface area contributed by atoms with Gasteiger partial charge in [-0.3, -0.25) is 0 Å². The minimum Gasteiger partial charge on any atom is -0.344 e. The zero-order valence-corrected chi connectivity index (χ0v) is 21.3. The van der Waals surface area contributed by atoms with Crippen LogP contribution in [0, 0.1) is 12.8 Å². The van der Waals surface area contributed by atoms with Crippen molar-refractivity contribution in [2.24, 2.45) is 5.73 Å². The van der Waals surface area contributed by atoms with Crippen LogP contribution in [-0.2, 0) is 19.4 Å². The second-order valence-electron chi connectivity index (χ2n) is 8.85. The molecule has 1 saturated heterocycles. The van der Waals surface area contributed by atoms with E-state index in [-0.39, 0.29) is 0 Å². The predicted octanol–water partition coefficient (Wildman–Crippen LogP) is 5.78. The predicted molar refractivity (Wildman–Crippen MR) is 148 cm³/mol. The van der Waals surface area contributed by atoms with Crippen molar-refractivity contribution in [1.29, 1.82) is 0 Å². The van der Waals surface area contributed by atoms with Crippen LogP contribution in [0.4, 0.5) is 0 Å². The third-order valence-corrected chi connectivity index (χ3v) is 6.77. The lowest BCUT2D eigenvalue weighted by atomic mass is 9.95. The van der Waals surface area contributed by atoms with Gasteiger partial charge in [-0.2, -0.15) is 0 Å². The highest BCUT2D eigenvalue weighted by atomic mass is 15.0. The lowest BCUT2D eigenvalue weighted by Gasteiger charge is -2.10. The largest absolute Gasteiger partial charge is 0.344 e. The van der Waals surface area contributed by atoms with Gasteiger partial charge < -0.3 is 21.0 Å². The molecule has 0 unspecified atom stereocenters. The highest BCUT2D eigenvalue weighted by Gasteiger charge is 2.24. The summed E-state index contributed by atoms with van der Waals surface area (Å²) in [6.07, 6.45) is 15.5. The lowest BCUT2D eigenvalue weighted by molar-refractivity contribution is 0.610. The first-order chi connectivity index (χ1) is 17.8. The van der Waals surface area contributed by atoms with Gasteiger partial charge in [-0.15, -0.1) is 12.8 Å². The zero-order valence-electron chi connectivity index (χ0n) is 21.3. The number of H-pyrrole nitrogens is 2.